The molecule has 0 aliphatic heterocycles. The largest absolute Gasteiger partial charge is 0.332 e. The van der Waals surface area contributed by atoms with Crippen LogP contribution >= 0.6 is 11.3 Å². The van der Waals surface area contributed by atoms with Gasteiger partial charge in [-0.1, -0.05) is 6.92 Å². The number of rotatable bonds is 6. The number of nitrogens with zero attached hydrogens (tertiary/aromatic N) is 4. The molecule has 0 bridgehead atoms. The minimum absolute atomic E-state index is 0.0610. The van der Waals surface area contributed by atoms with Gasteiger partial charge in [-0.15, -0.1) is 10.2 Å². The van der Waals surface area contributed by atoms with Crippen LogP contribution in [0.25, 0.3) is 5.69 Å². The van der Waals surface area contributed by atoms with Crippen molar-refractivity contribution < 1.29 is 4.79 Å². The number of hydrogen-bond acceptors (Lipinski definition) is 4. The Morgan fingerprint density at radius 2 is 1.92 bits per heavy atom. The van der Waals surface area contributed by atoms with Gasteiger partial charge in [0.15, 0.2) is 0 Å². The molecule has 3 aromatic rings. The molecule has 2 aromatic heterocycles. The van der Waals surface area contributed by atoms with Gasteiger partial charge in [-0.25, -0.2) is 0 Å². The lowest BCUT2D eigenvalue weighted by Gasteiger charge is -2.28. The van der Waals surface area contributed by atoms with Crippen molar-refractivity contribution in [3.05, 3.63) is 64.9 Å². The van der Waals surface area contributed by atoms with Crippen LogP contribution in [-0.2, 0) is 6.54 Å². The topological polar surface area (TPSA) is 51.0 Å². The quantitative estimate of drug-likeness (QED) is 0.686. The zero-order valence-corrected chi connectivity index (χ0v) is 14.6. The predicted molar refractivity (Wildman–Crippen MR) is 95.3 cm³/mol. The Bertz CT molecular complexity index is 766. The lowest BCUT2D eigenvalue weighted by molar-refractivity contribution is 0.0672. The third-order valence-electron chi connectivity index (χ3n) is 4.15. The highest BCUT2D eigenvalue weighted by Gasteiger charge is 2.21. The van der Waals surface area contributed by atoms with Crippen LogP contribution in [-0.4, -0.2) is 31.6 Å². The summed E-state index contributed by atoms with van der Waals surface area (Å²) in [7, 11) is 0. The molecule has 5 nitrogen and oxygen atoms in total. The first kappa shape index (κ1) is 16.4. The first-order valence-corrected chi connectivity index (χ1v) is 8.90. The Hall–Kier alpha value is -2.47. The van der Waals surface area contributed by atoms with E-state index < -0.39 is 0 Å². The zero-order chi connectivity index (χ0) is 16.9. The van der Waals surface area contributed by atoms with Gasteiger partial charge in [-0.3, -0.25) is 9.36 Å². The zero-order valence-electron chi connectivity index (χ0n) is 13.8. The molecule has 0 aliphatic carbocycles. The summed E-state index contributed by atoms with van der Waals surface area (Å²) < 4.78 is 1.81. The van der Waals surface area contributed by atoms with Crippen molar-refractivity contribution in [3.63, 3.8) is 0 Å². The van der Waals surface area contributed by atoms with Crippen molar-refractivity contribution in [1.29, 1.82) is 0 Å². The Morgan fingerprint density at radius 3 is 2.50 bits per heavy atom. The third kappa shape index (κ3) is 3.54. The van der Waals surface area contributed by atoms with E-state index in [-0.39, 0.29) is 11.9 Å². The molecule has 0 spiro atoms. The van der Waals surface area contributed by atoms with E-state index in [2.05, 4.69) is 35.5 Å². The maximum Gasteiger partial charge on any atom is 0.254 e. The van der Waals surface area contributed by atoms with Crippen LogP contribution in [0.2, 0.25) is 0 Å². The molecule has 1 atom stereocenters. The van der Waals surface area contributed by atoms with Gasteiger partial charge in [-0.2, -0.15) is 11.3 Å². The summed E-state index contributed by atoms with van der Waals surface area (Å²) in [6.07, 6.45) is 4.20. The second kappa shape index (κ2) is 7.40. The van der Waals surface area contributed by atoms with Crippen molar-refractivity contribution in [2.24, 2.45) is 0 Å². The SMILES string of the molecule is CCC(C)N(Cc1ccsc1)C(=O)c1ccc(-n2cnnc2)cc1. The highest BCUT2D eigenvalue weighted by molar-refractivity contribution is 7.07. The van der Waals surface area contributed by atoms with Crippen molar-refractivity contribution >= 4 is 17.2 Å². The number of benzene rings is 1. The van der Waals surface area contributed by atoms with Gasteiger partial charge in [0.25, 0.3) is 5.91 Å². The van der Waals surface area contributed by atoms with Gasteiger partial charge < -0.3 is 4.90 Å². The van der Waals surface area contributed by atoms with Crippen LogP contribution in [0.1, 0.15) is 36.2 Å². The van der Waals surface area contributed by atoms with E-state index in [0.717, 1.165) is 12.1 Å². The molecular formula is C18H20N4OS. The fourth-order valence-electron chi connectivity index (χ4n) is 2.50. The molecule has 1 unspecified atom stereocenters. The van der Waals surface area contributed by atoms with Crippen molar-refractivity contribution in [2.75, 3.05) is 0 Å². The molecule has 24 heavy (non-hydrogen) atoms. The van der Waals surface area contributed by atoms with Crippen LogP contribution < -0.4 is 0 Å². The number of thiophene rings is 1. The molecule has 124 valence electrons. The Balaban J connectivity index is 1.81. The predicted octanol–water partition coefficient (Wildman–Crippen LogP) is 3.77. The molecule has 0 saturated carbocycles. The lowest BCUT2D eigenvalue weighted by Crippen LogP contribution is -2.37. The molecule has 1 amide bonds. The minimum Gasteiger partial charge on any atom is -0.332 e. The second-order valence-corrected chi connectivity index (χ2v) is 6.52. The molecule has 6 heteroatoms. The molecule has 0 N–H and O–H groups in total. The summed E-state index contributed by atoms with van der Waals surface area (Å²) in [5.74, 6) is 0.0610. The fraction of sp³-hybridized carbons (Fsp3) is 0.278. The maximum atomic E-state index is 13.0. The summed E-state index contributed by atoms with van der Waals surface area (Å²) in [5.41, 5.74) is 2.81. The molecule has 0 aliphatic rings. The van der Waals surface area contributed by atoms with E-state index in [9.17, 15) is 4.79 Å². The van der Waals surface area contributed by atoms with Gasteiger partial charge in [-0.05, 0) is 60.0 Å². The normalized spacial score (nSPS) is 12.1. The summed E-state index contributed by atoms with van der Waals surface area (Å²) >= 11 is 1.66. The van der Waals surface area contributed by atoms with Gasteiger partial charge in [0, 0.05) is 23.8 Å². The average Bonchev–Trinajstić information content (AvgIpc) is 3.32. The van der Waals surface area contributed by atoms with Crippen LogP contribution in [0.5, 0.6) is 0 Å². The summed E-state index contributed by atoms with van der Waals surface area (Å²) in [5, 5.41) is 11.7. The van der Waals surface area contributed by atoms with Gasteiger partial charge in [0.2, 0.25) is 0 Å². The number of amides is 1. The minimum atomic E-state index is 0.0610. The van der Waals surface area contributed by atoms with Gasteiger partial charge in [0.05, 0.1) is 0 Å². The molecule has 0 radical (unpaired) electrons. The van der Waals surface area contributed by atoms with E-state index in [0.29, 0.717) is 12.1 Å². The number of carbonyl (C=O) groups is 1. The average molecular weight is 340 g/mol. The summed E-state index contributed by atoms with van der Waals surface area (Å²) in [4.78, 5) is 14.9. The first-order chi connectivity index (χ1) is 11.7. The van der Waals surface area contributed by atoms with Crippen molar-refractivity contribution in [1.82, 2.24) is 19.7 Å². The number of aromatic nitrogens is 3. The number of hydrogen-bond donors (Lipinski definition) is 0. The Labute approximate surface area is 145 Å². The molecule has 3 rings (SSSR count). The van der Waals surface area contributed by atoms with Crippen LogP contribution in [0.15, 0.2) is 53.7 Å². The third-order valence-corrected chi connectivity index (χ3v) is 4.88. The lowest BCUT2D eigenvalue weighted by atomic mass is 10.1. The monoisotopic (exact) mass is 340 g/mol. The standard InChI is InChI=1S/C18H20N4OS/c1-3-14(2)22(10-15-8-9-24-11-15)18(23)16-4-6-17(7-5-16)21-12-19-20-13-21/h4-9,11-14H,3,10H2,1-2H3. The molecule has 2 heterocycles. The van der Waals surface area contributed by atoms with Crippen molar-refractivity contribution in [3.8, 4) is 5.69 Å². The smallest absolute Gasteiger partial charge is 0.254 e. The Morgan fingerprint density at radius 1 is 1.21 bits per heavy atom. The van der Waals surface area contributed by atoms with Crippen LogP contribution in [0.3, 0.4) is 0 Å². The van der Waals surface area contributed by atoms with Gasteiger partial charge in [0.1, 0.15) is 12.7 Å². The molecule has 0 fully saturated rings. The van der Waals surface area contributed by atoms with Gasteiger partial charge >= 0.3 is 0 Å². The summed E-state index contributed by atoms with van der Waals surface area (Å²) in [6, 6.07) is 9.81. The highest BCUT2D eigenvalue weighted by Crippen LogP contribution is 2.18. The fourth-order valence-corrected chi connectivity index (χ4v) is 3.16. The van der Waals surface area contributed by atoms with Crippen molar-refractivity contribution in [2.45, 2.75) is 32.9 Å². The Kier molecular flexibility index (Phi) is 5.05. The number of carbonyl (C=O) groups excluding carboxylic acids is 1. The molecule has 1 aromatic carbocycles. The first-order valence-electron chi connectivity index (χ1n) is 7.96. The molecule has 0 saturated heterocycles. The van der Waals surface area contributed by atoms with E-state index in [1.54, 1.807) is 24.0 Å². The van der Waals surface area contributed by atoms with E-state index in [1.165, 1.54) is 5.56 Å². The highest BCUT2D eigenvalue weighted by atomic mass is 32.1. The van der Waals surface area contributed by atoms with E-state index >= 15 is 0 Å². The van der Waals surface area contributed by atoms with E-state index in [4.69, 9.17) is 0 Å². The van der Waals surface area contributed by atoms with Crippen LogP contribution in [0, 0.1) is 0 Å². The molecular weight excluding hydrogens is 320 g/mol. The van der Waals surface area contributed by atoms with E-state index in [1.807, 2.05) is 39.1 Å². The summed E-state index contributed by atoms with van der Waals surface area (Å²) in [6.45, 7) is 4.84. The van der Waals surface area contributed by atoms with Crippen LogP contribution in [0.4, 0.5) is 0 Å². The maximum absolute atomic E-state index is 13.0. The second-order valence-electron chi connectivity index (χ2n) is 5.74.